The van der Waals surface area contributed by atoms with E-state index >= 15 is 0 Å². The number of hydrogen-bond donors (Lipinski definition) is 0. The topological polar surface area (TPSA) is 49.9 Å². The van der Waals surface area contributed by atoms with Crippen molar-refractivity contribution in [3.8, 4) is 5.75 Å². The first kappa shape index (κ1) is 16.6. The van der Waals surface area contributed by atoms with E-state index in [9.17, 15) is 9.59 Å². The first-order chi connectivity index (χ1) is 10.4. The molecule has 1 aromatic carbocycles. The Labute approximate surface area is 135 Å². The lowest BCUT2D eigenvalue weighted by molar-refractivity contribution is -0.138. The summed E-state index contributed by atoms with van der Waals surface area (Å²) in [5.41, 5.74) is 0.839. The molecule has 1 aliphatic heterocycles. The van der Waals surface area contributed by atoms with E-state index in [4.69, 9.17) is 16.3 Å². The zero-order valence-corrected chi connectivity index (χ0v) is 13.9. The van der Waals surface area contributed by atoms with Crippen molar-refractivity contribution in [2.24, 2.45) is 0 Å². The number of nitrogens with zero attached hydrogens (tertiary/aromatic N) is 2. The fourth-order valence-corrected chi connectivity index (χ4v) is 2.80. The molecule has 0 spiro atoms. The maximum atomic E-state index is 12.3. The third kappa shape index (κ3) is 3.71. The summed E-state index contributed by atoms with van der Waals surface area (Å²) in [6, 6.07) is 5.44. The molecule has 1 saturated heterocycles. The molecule has 1 aromatic rings. The number of ether oxygens (including phenoxy) is 1. The van der Waals surface area contributed by atoms with Crippen molar-refractivity contribution >= 4 is 23.4 Å². The Morgan fingerprint density at radius 1 is 1.50 bits per heavy atom. The third-order valence-electron chi connectivity index (χ3n) is 4.01. The second-order valence-corrected chi connectivity index (χ2v) is 6.05. The minimum absolute atomic E-state index is 0.0505. The minimum Gasteiger partial charge on any atom is -0.496 e. The van der Waals surface area contributed by atoms with E-state index in [1.807, 2.05) is 6.92 Å². The maximum Gasteiger partial charge on any atom is 0.242 e. The van der Waals surface area contributed by atoms with Crippen molar-refractivity contribution in [1.29, 1.82) is 0 Å². The molecule has 5 nitrogen and oxygen atoms in total. The molecule has 120 valence electrons. The number of hydrogen-bond acceptors (Lipinski definition) is 3. The van der Waals surface area contributed by atoms with E-state index in [2.05, 4.69) is 0 Å². The van der Waals surface area contributed by atoms with Crippen molar-refractivity contribution in [2.45, 2.75) is 32.4 Å². The van der Waals surface area contributed by atoms with Gasteiger partial charge in [0.2, 0.25) is 11.8 Å². The molecule has 1 aliphatic rings. The third-order valence-corrected chi connectivity index (χ3v) is 4.24. The molecule has 0 saturated carbocycles. The first-order valence-corrected chi connectivity index (χ1v) is 7.66. The van der Waals surface area contributed by atoms with Crippen molar-refractivity contribution in [1.82, 2.24) is 9.80 Å². The average molecular weight is 325 g/mol. The molecule has 0 radical (unpaired) electrons. The molecule has 6 heteroatoms. The van der Waals surface area contributed by atoms with Gasteiger partial charge >= 0.3 is 0 Å². The van der Waals surface area contributed by atoms with Crippen LogP contribution in [0.4, 0.5) is 0 Å². The lowest BCUT2D eigenvalue weighted by atomic mass is 10.2. The van der Waals surface area contributed by atoms with Crippen LogP contribution in [0.3, 0.4) is 0 Å². The monoisotopic (exact) mass is 324 g/mol. The van der Waals surface area contributed by atoms with Crippen molar-refractivity contribution in [3.05, 3.63) is 28.8 Å². The van der Waals surface area contributed by atoms with Gasteiger partial charge in [-0.25, -0.2) is 0 Å². The fourth-order valence-electron chi connectivity index (χ4n) is 2.60. The molecular formula is C16H21ClN2O3. The standard InChI is InChI=1S/C16H21ClN2O3/c1-11-4-7-15(20)19(11)10-16(21)18(2)9-12-8-13(17)5-6-14(12)22-3/h5-6,8,11H,4,7,9-10H2,1-3H3/t11-/m1/s1. The van der Waals surface area contributed by atoms with Crippen LogP contribution >= 0.6 is 11.6 Å². The molecule has 22 heavy (non-hydrogen) atoms. The number of rotatable bonds is 5. The molecule has 1 heterocycles. The summed E-state index contributed by atoms with van der Waals surface area (Å²) in [5.74, 6) is 0.647. The van der Waals surface area contributed by atoms with Gasteiger partial charge in [-0.1, -0.05) is 11.6 Å². The summed E-state index contributed by atoms with van der Waals surface area (Å²) in [6.45, 7) is 2.48. The molecule has 2 rings (SSSR count). The highest BCUT2D eigenvalue weighted by atomic mass is 35.5. The Hall–Kier alpha value is -1.75. The van der Waals surface area contributed by atoms with Crippen molar-refractivity contribution in [3.63, 3.8) is 0 Å². The first-order valence-electron chi connectivity index (χ1n) is 7.28. The van der Waals surface area contributed by atoms with Gasteiger partial charge in [0.1, 0.15) is 5.75 Å². The number of benzene rings is 1. The van der Waals surface area contributed by atoms with Crippen LogP contribution in [0, 0.1) is 0 Å². The van der Waals surface area contributed by atoms with Gasteiger partial charge in [0.05, 0.1) is 13.7 Å². The molecule has 0 N–H and O–H groups in total. The summed E-state index contributed by atoms with van der Waals surface area (Å²) >= 11 is 6.00. The van der Waals surface area contributed by atoms with Crippen LogP contribution in [-0.2, 0) is 16.1 Å². The van der Waals surface area contributed by atoms with Crippen LogP contribution in [-0.4, -0.2) is 48.4 Å². The molecule has 0 aromatic heterocycles. The fraction of sp³-hybridized carbons (Fsp3) is 0.500. The van der Waals surface area contributed by atoms with Crippen molar-refractivity contribution < 1.29 is 14.3 Å². The Morgan fingerprint density at radius 3 is 2.82 bits per heavy atom. The van der Waals surface area contributed by atoms with Crippen LogP contribution < -0.4 is 4.74 Å². The lowest BCUT2D eigenvalue weighted by Crippen LogP contribution is -2.41. The van der Waals surface area contributed by atoms with E-state index < -0.39 is 0 Å². The molecule has 0 bridgehead atoms. The highest BCUT2D eigenvalue weighted by Crippen LogP contribution is 2.24. The van der Waals surface area contributed by atoms with Gasteiger partial charge < -0.3 is 14.5 Å². The Balaban J connectivity index is 2.02. The largest absolute Gasteiger partial charge is 0.496 e. The van der Waals surface area contributed by atoms with Gasteiger partial charge in [-0.3, -0.25) is 9.59 Å². The van der Waals surface area contributed by atoms with E-state index in [-0.39, 0.29) is 24.4 Å². The lowest BCUT2D eigenvalue weighted by Gasteiger charge is -2.25. The number of methoxy groups -OCH3 is 1. The number of halogens is 1. The molecule has 2 amide bonds. The highest BCUT2D eigenvalue weighted by Gasteiger charge is 2.29. The van der Waals surface area contributed by atoms with Gasteiger partial charge in [-0.05, 0) is 31.5 Å². The van der Waals surface area contributed by atoms with Gasteiger partial charge in [-0.2, -0.15) is 0 Å². The SMILES string of the molecule is COc1ccc(Cl)cc1CN(C)C(=O)CN1C(=O)CC[C@H]1C. The van der Waals surface area contributed by atoms with Gasteiger partial charge in [0, 0.05) is 36.6 Å². The minimum atomic E-state index is -0.0934. The van der Waals surface area contributed by atoms with Crippen LogP contribution in [0.5, 0.6) is 5.75 Å². The Bertz CT molecular complexity index is 577. The Morgan fingerprint density at radius 2 is 2.23 bits per heavy atom. The summed E-state index contributed by atoms with van der Waals surface area (Å²) in [6.07, 6.45) is 1.35. The van der Waals surface area contributed by atoms with Crippen LogP contribution in [0.1, 0.15) is 25.3 Å². The van der Waals surface area contributed by atoms with E-state index in [1.54, 1.807) is 42.2 Å². The smallest absolute Gasteiger partial charge is 0.242 e. The Kier molecular flexibility index (Phi) is 5.29. The molecule has 0 unspecified atom stereocenters. The van der Waals surface area contributed by atoms with E-state index in [0.29, 0.717) is 23.7 Å². The molecule has 1 fully saturated rings. The van der Waals surface area contributed by atoms with E-state index in [0.717, 1.165) is 12.0 Å². The van der Waals surface area contributed by atoms with Crippen LogP contribution in [0.25, 0.3) is 0 Å². The molecule has 0 aliphatic carbocycles. The summed E-state index contributed by atoms with van der Waals surface area (Å²) in [7, 11) is 3.30. The average Bonchev–Trinajstić information content (AvgIpc) is 2.79. The number of carbonyl (C=O) groups excluding carboxylic acids is 2. The quantitative estimate of drug-likeness (QED) is 0.835. The van der Waals surface area contributed by atoms with Gasteiger partial charge in [0.15, 0.2) is 0 Å². The molecular weight excluding hydrogens is 304 g/mol. The zero-order valence-electron chi connectivity index (χ0n) is 13.1. The predicted molar refractivity (Wildman–Crippen MR) is 84.9 cm³/mol. The predicted octanol–water partition coefficient (Wildman–Crippen LogP) is 2.32. The number of carbonyl (C=O) groups is 2. The summed E-state index contributed by atoms with van der Waals surface area (Å²) in [4.78, 5) is 27.3. The van der Waals surface area contributed by atoms with Crippen molar-refractivity contribution in [2.75, 3.05) is 20.7 Å². The molecule has 1 atom stereocenters. The van der Waals surface area contributed by atoms with Gasteiger partial charge in [-0.15, -0.1) is 0 Å². The second-order valence-electron chi connectivity index (χ2n) is 5.62. The number of likely N-dealkylation sites (N-methyl/N-ethyl adjacent to an activating group) is 1. The van der Waals surface area contributed by atoms with Crippen LogP contribution in [0.15, 0.2) is 18.2 Å². The van der Waals surface area contributed by atoms with Gasteiger partial charge in [0.25, 0.3) is 0 Å². The normalized spacial score (nSPS) is 17.7. The zero-order chi connectivity index (χ0) is 16.3. The summed E-state index contributed by atoms with van der Waals surface area (Å²) < 4.78 is 5.29. The van der Waals surface area contributed by atoms with E-state index in [1.165, 1.54) is 0 Å². The number of amides is 2. The maximum absolute atomic E-state index is 12.3. The van der Waals surface area contributed by atoms with Crippen LogP contribution in [0.2, 0.25) is 5.02 Å². The highest BCUT2D eigenvalue weighted by molar-refractivity contribution is 6.30. The summed E-state index contributed by atoms with van der Waals surface area (Å²) in [5, 5.41) is 0.597. The second kappa shape index (κ2) is 7.01. The number of likely N-dealkylation sites (tertiary alicyclic amines) is 1.